The Balaban J connectivity index is -0.0000000579. The van der Waals surface area contributed by atoms with E-state index in [2.05, 4.69) is 16.0 Å². The van der Waals surface area contributed by atoms with Crippen molar-refractivity contribution >= 4 is 53.2 Å². The molecule has 0 aromatic carbocycles. The molecule has 0 aliphatic heterocycles. The van der Waals surface area contributed by atoms with Crippen LogP contribution < -0.4 is 105 Å². The van der Waals surface area contributed by atoms with E-state index in [9.17, 15) is 43.2 Å². The minimum Gasteiger partial charge on any atom is -1.00 e. The van der Waals surface area contributed by atoms with Crippen LogP contribution in [0.25, 0.3) is 0 Å². The third-order valence-corrected chi connectivity index (χ3v) is 4.25. The number of carbonyl (C=O) groups is 9. The van der Waals surface area contributed by atoms with Gasteiger partial charge >= 0.3 is 124 Å². The zero-order valence-electron chi connectivity index (χ0n) is 27.3. The monoisotopic (exact) mass is 639 g/mol. The number of carboxylic acids is 6. The number of hydrogen-bond donors (Lipinski definition) is 9. The summed E-state index contributed by atoms with van der Waals surface area (Å²) in [5, 5.41) is 57.9. The van der Waals surface area contributed by atoms with Crippen molar-refractivity contribution in [2.45, 2.75) is 19.3 Å². The average Bonchev–Trinajstić information content (AvgIpc) is 2.79. The van der Waals surface area contributed by atoms with Gasteiger partial charge in [-0.2, -0.15) is 0 Å². The Morgan fingerprint density at radius 2 is 0.619 bits per heavy atom. The van der Waals surface area contributed by atoms with E-state index in [0.717, 1.165) is 0 Å². The Labute approximate surface area is 311 Å². The second kappa shape index (κ2) is 31.1. The quantitative estimate of drug-likeness (QED) is 0.0496. The number of rotatable bonds is 18. The van der Waals surface area contributed by atoms with Gasteiger partial charge in [0.05, 0.1) is 38.9 Å². The fraction of sp³-hybridized carbons (Fsp3) is 0.571. The van der Waals surface area contributed by atoms with Crippen molar-refractivity contribution in [3.05, 3.63) is 0 Å². The SMILES string of the molecule is CNCC(=O)C(CC(=O)O)C(=O)O.CNCC(=O)C(CC(=O)O)C(=O)O.CNCC(=O)C(CC(=O)O)C(=O)O.[H-].[H-].[H-].[Na+].[Na+].[Na+]. The van der Waals surface area contributed by atoms with Crippen molar-refractivity contribution in [1.29, 1.82) is 0 Å². The Morgan fingerprint density at radius 3 is 0.714 bits per heavy atom. The molecule has 3 unspecified atom stereocenters. The van der Waals surface area contributed by atoms with E-state index in [-0.39, 0.29) is 113 Å². The van der Waals surface area contributed by atoms with Crippen LogP contribution in [0.3, 0.4) is 0 Å². The van der Waals surface area contributed by atoms with E-state index < -0.39 is 90.2 Å². The Kier molecular flexibility index (Phi) is 39.5. The Hall–Kier alpha value is -1.29. The van der Waals surface area contributed by atoms with E-state index in [1.54, 1.807) is 0 Å². The van der Waals surface area contributed by atoms with Gasteiger partial charge in [-0.05, 0) is 21.1 Å². The molecule has 3 atom stereocenters. The van der Waals surface area contributed by atoms with E-state index in [4.69, 9.17) is 30.6 Å². The van der Waals surface area contributed by atoms with Crippen molar-refractivity contribution in [3.63, 3.8) is 0 Å². The van der Waals surface area contributed by atoms with Crippen LogP contribution in [0.1, 0.15) is 23.5 Å². The normalized spacial score (nSPS) is 11.2. The number of carboxylic acid groups (broad SMARTS) is 6. The van der Waals surface area contributed by atoms with Crippen molar-refractivity contribution in [1.82, 2.24) is 16.0 Å². The van der Waals surface area contributed by atoms with E-state index in [1.807, 2.05) is 0 Å². The molecule has 0 aromatic rings. The average molecular weight is 639 g/mol. The van der Waals surface area contributed by atoms with Crippen LogP contribution in [-0.2, 0) is 43.2 Å². The molecule has 0 fully saturated rings. The fourth-order valence-electron chi connectivity index (χ4n) is 2.43. The zero-order chi connectivity index (χ0) is 31.3. The molecule has 0 amide bonds. The zero-order valence-corrected chi connectivity index (χ0v) is 30.3. The largest absolute Gasteiger partial charge is 1.00 e. The van der Waals surface area contributed by atoms with Crippen LogP contribution in [0.4, 0.5) is 0 Å². The second-order valence-corrected chi connectivity index (χ2v) is 7.46. The summed E-state index contributed by atoms with van der Waals surface area (Å²) in [4.78, 5) is 94.9. The molecule has 0 aromatic heterocycles. The van der Waals surface area contributed by atoms with Gasteiger partial charge in [0.25, 0.3) is 0 Å². The number of aliphatic carboxylic acids is 6. The van der Waals surface area contributed by atoms with Crippen LogP contribution in [-0.4, -0.2) is 125 Å². The molecular formula is C21H36N3Na3O15. The first-order valence-corrected chi connectivity index (χ1v) is 10.8. The van der Waals surface area contributed by atoms with Gasteiger partial charge in [-0.15, -0.1) is 0 Å². The summed E-state index contributed by atoms with van der Waals surface area (Å²) in [7, 11) is 4.45. The van der Waals surface area contributed by atoms with Crippen molar-refractivity contribution in [3.8, 4) is 0 Å². The molecule has 0 radical (unpaired) electrons. The van der Waals surface area contributed by atoms with Crippen LogP contribution in [0.15, 0.2) is 0 Å². The van der Waals surface area contributed by atoms with Crippen LogP contribution in [0, 0.1) is 17.8 Å². The fourth-order valence-corrected chi connectivity index (χ4v) is 2.43. The molecule has 9 N–H and O–H groups in total. The molecule has 42 heavy (non-hydrogen) atoms. The van der Waals surface area contributed by atoms with Gasteiger partial charge in [0, 0.05) is 0 Å². The summed E-state index contributed by atoms with van der Waals surface area (Å²) < 4.78 is 0. The van der Waals surface area contributed by atoms with E-state index in [0.29, 0.717) is 0 Å². The minimum atomic E-state index is -1.45. The van der Waals surface area contributed by atoms with Crippen molar-refractivity contribution < 1.29 is 167 Å². The number of hydrogen-bond acceptors (Lipinski definition) is 12. The smallest absolute Gasteiger partial charge is 1.00 e. The third kappa shape index (κ3) is 28.8. The Bertz CT molecular complexity index is 820. The molecule has 0 aliphatic carbocycles. The van der Waals surface area contributed by atoms with Gasteiger partial charge in [-0.25, -0.2) is 0 Å². The number of likely N-dealkylation sites (N-methyl/N-ethyl adjacent to an activating group) is 3. The van der Waals surface area contributed by atoms with Crippen LogP contribution >= 0.6 is 0 Å². The molecule has 228 valence electrons. The third-order valence-electron chi connectivity index (χ3n) is 4.25. The maximum Gasteiger partial charge on any atom is 1.00 e. The van der Waals surface area contributed by atoms with Crippen LogP contribution in [0.5, 0.6) is 0 Å². The van der Waals surface area contributed by atoms with Gasteiger partial charge < -0.3 is 50.9 Å². The summed E-state index contributed by atoms with van der Waals surface area (Å²) in [5.74, 6) is -14.3. The first-order chi connectivity index (χ1) is 18.0. The standard InChI is InChI=1S/3C7H11NO5.3Na.3H/c3*1-8-3-5(9)4(7(12)13)2-6(10)11;;;;;;/h3*4,8H,2-3H2,1H3,(H,10,11)(H,12,13);;;;;;/q;;;3*+1;3*-1. The van der Waals surface area contributed by atoms with Gasteiger partial charge in [-0.3, -0.25) is 43.2 Å². The molecule has 0 bridgehead atoms. The summed E-state index contributed by atoms with van der Waals surface area (Å²) in [6.07, 6.45) is -2.01. The molecule has 0 heterocycles. The molecule has 0 spiro atoms. The first-order valence-electron chi connectivity index (χ1n) is 10.8. The number of nitrogens with one attached hydrogen (secondary N) is 3. The second-order valence-electron chi connectivity index (χ2n) is 7.46. The topological polar surface area (TPSA) is 311 Å². The Morgan fingerprint density at radius 1 is 0.452 bits per heavy atom. The summed E-state index contributed by atoms with van der Waals surface area (Å²) in [6.45, 7) is -0.404. The molecule has 0 aliphatic rings. The van der Waals surface area contributed by atoms with Gasteiger partial charge in [0.1, 0.15) is 17.8 Å². The summed E-state index contributed by atoms with van der Waals surface area (Å²) in [6, 6.07) is 0. The number of carbonyl (C=O) groups excluding carboxylic acids is 3. The predicted octanol–water partition coefficient (Wildman–Crippen LogP) is -11.8. The molecule has 0 saturated carbocycles. The maximum absolute atomic E-state index is 11.0. The summed E-state index contributed by atoms with van der Waals surface area (Å²) in [5.41, 5.74) is 0. The van der Waals surface area contributed by atoms with Crippen LogP contribution in [0.2, 0.25) is 0 Å². The molecule has 0 saturated heterocycles. The number of Topliss-reactive ketones (excluding diaryl/α,β-unsaturated/α-hetero) is 3. The predicted molar refractivity (Wildman–Crippen MR) is 130 cm³/mol. The molecule has 21 heteroatoms. The molecule has 0 rings (SSSR count). The van der Waals surface area contributed by atoms with E-state index in [1.165, 1.54) is 21.1 Å². The van der Waals surface area contributed by atoms with Gasteiger partial charge in [0.2, 0.25) is 0 Å². The van der Waals surface area contributed by atoms with Crippen molar-refractivity contribution in [2.75, 3.05) is 40.8 Å². The van der Waals surface area contributed by atoms with Gasteiger partial charge in [-0.1, -0.05) is 0 Å². The maximum atomic E-state index is 11.0. The molecular weight excluding hydrogens is 603 g/mol. The first kappa shape index (κ1) is 53.3. The minimum absolute atomic E-state index is 0. The van der Waals surface area contributed by atoms with Gasteiger partial charge in [0.15, 0.2) is 17.3 Å². The summed E-state index contributed by atoms with van der Waals surface area (Å²) >= 11 is 0. The molecule has 18 nitrogen and oxygen atoms in total. The van der Waals surface area contributed by atoms with Crippen molar-refractivity contribution in [2.24, 2.45) is 17.8 Å². The number of ketones is 3. The van der Waals surface area contributed by atoms with E-state index >= 15 is 0 Å².